The van der Waals surface area contributed by atoms with Crippen molar-refractivity contribution in [2.75, 3.05) is 0 Å². The Bertz CT molecular complexity index is 2090. The van der Waals surface area contributed by atoms with Crippen molar-refractivity contribution in [1.82, 2.24) is 9.55 Å². The second-order valence-electron chi connectivity index (χ2n) is 9.51. The van der Waals surface area contributed by atoms with Gasteiger partial charge in [-0.1, -0.05) is 78.9 Å². The Labute approximate surface area is 208 Å². The number of benzene rings is 6. The van der Waals surface area contributed by atoms with E-state index in [1.54, 1.807) is 0 Å². The summed E-state index contributed by atoms with van der Waals surface area (Å²) >= 11 is 0. The standard InChI is InChI=1S/C34H22N2/c1-2-8-25(9-3-1)36-32-13-7-5-10-26(32)29-21-24(17-19-33(29)36)23-15-14-22-16-18-31-34(28(22)20-23)27-11-4-6-12-30(27)35-31/h1-21,35H. The van der Waals surface area contributed by atoms with E-state index in [2.05, 4.69) is 137 Å². The van der Waals surface area contributed by atoms with Crippen LogP contribution in [0.1, 0.15) is 0 Å². The maximum Gasteiger partial charge on any atom is 0.0541 e. The van der Waals surface area contributed by atoms with Crippen LogP contribution in [0.4, 0.5) is 0 Å². The van der Waals surface area contributed by atoms with Crippen molar-refractivity contribution in [3.05, 3.63) is 127 Å². The van der Waals surface area contributed by atoms with E-state index in [-0.39, 0.29) is 0 Å². The number of hydrogen-bond acceptors (Lipinski definition) is 0. The van der Waals surface area contributed by atoms with Crippen LogP contribution in [0.3, 0.4) is 0 Å². The molecule has 0 aliphatic rings. The maximum atomic E-state index is 3.59. The summed E-state index contributed by atoms with van der Waals surface area (Å²) in [5.41, 5.74) is 8.48. The van der Waals surface area contributed by atoms with Crippen molar-refractivity contribution < 1.29 is 0 Å². The highest BCUT2D eigenvalue weighted by Crippen LogP contribution is 2.37. The number of nitrogens with one attached hydrogen (secondary N) is 1. The lowest BCUT2D eigenvalue weighted by molar-refractivity contribution is 1.18. The van der Waals surface area contributed by atoms with E-state index in [0.717, 1.165) is 0 Å². The van der Waals surface area contributed by atoms with E-state index in [9.17, 15) is 0 Å². The molecule has 6 aromatic carbocycles. The number of para-hydroxylation sites is 3. The number of aromatic amines is 1. The summed E-state index contributed by atoms with van der Waals surface area (Å²) in [6.07, 6.45) is 0. The molecule has 0 radical (unpaired) electrons. The van der Waals surface area contributed by atoms with Crippen LogP contribution < -0.4 is 0 Å². The van der Waals surface area contributed by atoms with Crippen LogP contribution in [0.15, 0.2) is 127 Å². The Kier molecular flexibility index (Phi) is 3.97. The predicted octanol–water partition coefficient (Wildman–Crippen LogP) is 9.24. The third kappa shape index (κ3) is 2.73. The second kappa shape index (κ2) is 7.34. The van der Waals surface area contributed by atoms with Gasteiger partial charge in [-0.05, 0) is 70.4 Å². The van der Waals surface area contributed by atoms with Crippen molar-refractivity contribution in [2.24, 2.45) is 0 Å². The van der Waals surface area contributed by atoms with Crippen LogP contribution in [0.25, 0.3) is 71.2 Å². The van der Waals surface area contributed by atoms with Gasteiger partial charge in [0.1, 0.15) is 0 Å². The Morgan fingerprint density at radius 1 is 0.444 bits per heavy atom. The van der Waals surface area contributed by atoms with Gasteiger partial charge in [0, 0.05) is 38.3 Å². The van der Waals surface area contributed by atoms with E-state index in [4.69, 9.17) is 0 Å². The first kappa shape index (κ1) is 19.5. The van der Waals surface area contributed by atoms with Gasteiger partial charge in [0.2, 0.25) is 0 Å². The Morgan fingerprint density at radius 2 is 1.11 bits per heavy atom. The topological polar surface area (TPSA) is 20.7 Å². The fraction of sp³-hybridized carbons (Fsp3) is 0. The lowest BCUT2D eigenvalue weighted by Crippen LogP contribution is -1.92. The molecule has 8 aromatic rings. The molecule has 0 spiro atoms. The number of rotatable bonds is 2. The molecule has 0 fully saturated rings. The minimum Gasteiger partial charge on any atom is -0.354 e. The first-order valence-electron chi connectivity index (χ1n) is 12.4. The summed E-state index contributed by atoms with van der Waals surface area (Å²) in [4.78, 5) is 3.59. The first-order valence-corrected chi connectivity index (χ1v) is 12.4. The van der Waals surface area contributed by atoms with Gasteiger partial charge < -0.3 is 9.55 Å². The molecule has 0 bridgehead atoms. The first-order chi connectivity index (χ1) is 17.8. The molecule has 2 aromatic heterocycles. The van der Waals surface area contributed by atoms with Crippen molar-refractivity contribution >= 4 is 54.4 Å². The molecule has 0 aliphatic heterocycles. The van der Waals surface area contributed by atoms with Crippen molar-refractivity contribution in [3.63, 3.8) is 0 Å². The number of H-pyrrole nitrogens is 1. The zero-order valence-electron chi connectivity index (χ0n) is 19.6. The number of nitrogens with zero attached hydrogens (tertiary/aromatic N) is 1. The van der Waals surface area contributed by atoms with Gasteiger partial charge in [-0.3, -0.25) is 0 Å². The van der Waals surface area contributed by atoms with Gasteiger partial charge in [0.15, 0.2) is 0 Å². The Balaban J connectivity index is 1.39. The average Bonchev–Trinajstić information content (AvgIpc) is 3.49. The number of fused-ring (bicyclic) bond motifs is 8. The van der Waals surface area contributed by atoms with E-state index in [0.29, 0.717) is 0 Å². The summed E-state index contributed by atoms with van der Waals surface area (Å²) in [6, 6.07) is 46.1. The van der Waals surface area contributed by atoms with Gasteiger partial charge in [-0.2, -0.15) is 0 Å². The molecular formula is C34H22N2. The number of hydrogen-bond donors (Lipinski definition) is 1. The molecule has 0 amide bonds. The van der Waals surface area contributed by atoms with Gasteiger partial charge in [-0.25, -0.2) is 0 Å². The molecule has 8 rings (SSSR count). The number of aromatic nitrogens is 2. The quantitative estimate of drug-likeness (QED) is 0.266. The minimum absolute atomic E-state index is 1.18. The van der Waals surface area contributed by atoms with Crippen LogP contribution in [-0.4, -0.2) is 9.55 Å². The summed E-state index contributed by atoms with van der Waals surface area (Å²) in [5, 5.41) is 7.67. The van der Waals surface area contributed by atoms with Crippen LogP contribution in [-0.2, 0) is 0 Å². The molecule has 2 heterocycles. The zero-order valence-corrected chi connectivity index (χ0v) is 19.6. The smallest absolute Gasteiger partial charge is 0.0541 e. The molecule has 1 N–H and O–H groups in total. The van der Waals surface area contributed by atoms with Gasteiger partial charge >= 0.3 is 0 Å². The maximum absolute atomic E-state index is 3.59. The third-order valence-electron chi connectivity index (χ3n) is 7.51. The highest BCUT2D eigenvalue weighted by Gasteiger charge is 2.14. The monoisotopic (exact) mass is 458 g/mol. The van der Waals surface area contributed by atoms with Crippen molar-refractivity contribution in [2.45, 2.75) is 0 Å². The molecule has 168 valence electrons. The predicted molar refractivity (Wildman–Crippen MR) is 153 cm³/mol. The Morgan fingerprint density at radius 3 is 2.00 bits per heavy atom. The summed E-state index contributed by atoms with van der Waals surface area (Å²) < 4.78 is 2.37. The van der Waals surface area contributed by atoms with Crippen molar-refractivity contribution in [1.29, 1.82) is 0 Å². The normalized spacial score (nSPS) is 11.9. The molecular weight excluding hydrogens is 436 g/mol. The molecule has 2 nitrogen and oxygen atoms in total. The molecule has 2 heteroatoms. The average molecular weight is 459 g/mol. The van der Waals surface area contributed by atoms with Crippen LogP contribution in [0.5, 0.6) is 0 Å². The molecule has 0 unspecified atom stereocenters. The van der Waals surface area contributed by atoms with Crippen molar-refractivity contribution in [3.8, 4) is 16.8 Å². The molecule has 0 saturated heterocycles. The van der Waals surface area contributed by atoms with E-state index >= 15 is 0 Å². The fourth-order valence-electron chi connectivity index (χ4n) is 5.86. The van der Waals surface area contributed by atoms with Gasteiger partial charge in [0.25, 0.3) is 0 Å². The van der Waals surface area contributed by atoms with Gasteiger partial charge in [-0.15, -0.1) is 0 Å². The van der Waals surface area contributed by atoms with Crippen LogP contribution >= 0.6 is 0 Å². The van der Waals surface area contributed by atoms with E-state index < -0.39 is 0 Å². The van der Waals surface area contributed by atoms with Gasteiger partial charge in [0.05, 0.1) is 11.0 Å². The second-order valence-corrected chi connectivity index (χ2v) is 9.51. The lowest BCUT2D eigenvalue weighted by atomic mass is 9.97. The largest absolute Gasteiger partial charge is 0.354 e. The highest BCUT2D eigenvalue weighted by atomic mass is 15.0. The molecule has 36 heavy (non-hydrogen) atoms. The van der Waals surface area contributed by atoms with E-state index in [1.807, 2.05) is 0 Å². The lowest BCUT2D eigenvalue weighted by Gasteiger charge is -2.09. The fourth-order valence-corrected chi connectivity index (χ4v) is 5.86. The summed E-state index contributed by atoms with van der Waals surface area (Å²) in [6.45, 7) is 0. The SMILES string of the molecule is c1ccc(-n2c3ccccc3c3cc(-c4ccc5ccc6[nH]c7ccccc7c6c5c4)ccc32)cc1. The third-order valence-corrected chi connectivity index (χ3v) is 7.51. The molecule has 0 saturated carbocycles. The van der Waals surface area contributed by atoms with E-state index in [1.165, 1.54) is 71.2 Å². The summed E-state index contributed by atoms with van der Waals surface area (Å²) in [7, 11) is 0. The Hall–Kier alpha value is -4.82. The molecule has 0 atom stereocenters. The molecule has 0 aliphatic carbocycles. The van der Waals surface area contributed by atoms with Crippen LogP contribution in [0.2, 0.25) is 0 Å². The van der Waals surface area contributed by atoms with Crippen LogP contribution in [0, 0.1) is 0 Å². The zero-order chi connectivity index (χ0) is 23.6. The summed E-state index contributed by atoms with van der Waals surface area (Å²) in [5.74, 6) is 0. The highest BCUT2D eigenvalue weighted by molar-refractivity contribution is 6.20. The minimum atomic E-state index is 1.18.